The van der Waals surface area contributed by atoms with Crippen molar-refractivity contribution in [3.63, 3.8) is 0 Å². The van der Waals surface area contributed by atoms with E-state index in [1.54, 1.807) is 24.0 Å². The first kappa shape index (κ1) is 21.1. The van der Waals surface area contributed by atoms with Crippen LogP contribution in [0.1, 0.15) is 18.1 Å². The van der Waals surface area contributed by atoms with Gasteiger partial charge in [-0.05, 0) is 18.1 Å². The first-order valence-electron chi connectivity index (χ1n) is 9.98. The van der Waals surface area contributed by atoms with Gasteiger partial charge < -0.3 is 4.74 Å². The molecule has 0 radical (unpaired) electrons. The number of allylic oxidation sites excluding steroid dienone is 4. The van der Waals surface area contributed by atoms with Gasteiger partial charge in [-0.15, -0.1) is 0 Å². The van der Waals surface area contributed by atoms with Gasteiger partial charge in [0.15, 0.2) is 5.78 Å². The highest BCUT2D eigenvalue weighted by molar-refractivity contribution is 6.10. The summed E-state index contributed by atoms with van der Waals surface area (Å²) in [5, 5.41) is 0. The van der Waals surface area contributed by atoms with Crippen LogP contribution >= 0.6 is 0 Å². The zero-order valence-electron chi connectivity index (χ0n) is 17.0. The van der Waals surface area contributed by atoms with Gasteiger partial charge >= 0.3 is 6.09 Å². The zero-order valence-corrected chi connectivity index (χ0v) is 17.0. The topological polar surface area (TPSA) is 46.6 Å². The number of hydrogen-bond acceptors (Lipinski definition) is 3. The summed E-state index contributed by atoms with van der Waals surface area (Å²) < 4.78 is 5.15. The van der Waals surface area contributed by atoms with Crippen molar-refractivity contribution in [3.05, 3.63) is 107 Å². The molecule has 1 saturated heterocycles. The number of amides is 1. The molecule has 0 unspecified atom stereocenters. The third kappa shape index (κ3) is 5.92. The molecule has 0 spiro atoms. The van der Waals surface area contributed by atoms with E-state index in [9.17, 15) is 9.59 Å². The van der Waals surface area contributed by atoms with Crippen molar-refractivity contribution >= 4 is 24.0 Å². The van der Waals surface area contributed by atoms with Crippen molar-refractivity contribution in [1.29, 1.82) is 0 Å². The minimum Gasteiger partial charge on any atom is -0.450 e. The molecule has 0 bridgehead atoms. The highest BCUT2D eigenvalue weighted by Gasteiger charge is 2.29. The maximum Gasteiger partial charge on any atom is 0.410 e. The van der Waals surface area contributed by atoms with Crippen LogP contribution < -0.4 is 0 Å². The number of Topliss-reactive ketones (excluding diaryl/α,β-unsaturated/α-hetero) is 1. The molecule has 0 atom stereocenters. The Bertz CT molecular complexity index is 914. The molecule has 0 aliphatic carbocycles. The van der Waals surface area contributed by atoms with Gasteiger partial charge in [-0.2, -0.15) is 0 Å². The predicted octanol–water partition coefficient (Wildman–Crippen LogP) is 5.31. The second kappa shape index (κ2) is 10.8. The highest BCUT2D eigenvalue weighted by Crippen LogP contribution is 2.19. The standard InChI is InChI=1S/C26H25NO3/c1-2-30-26(29)27-19-23(17-9-15-21-11-5-3-6-12-21)25(28)24(20-27)18-10-16-22-13-7-4-8-14-22/h3-18H,2,19-20H2,1H3. The summed E-state index contributed by atoms with van der Waals surface area (Å²) in [6.07, 6.45) is 10.7. The number of hydrogen-bond donors (Lipinski definition) is 0. The molecule has 0 saturated carbocycles. The van der Waals surface area contributed by atoms with Crippen LogP contribution in [0.4, 0.5) is 4.79 Å². The first-order valence-corrected chi connectivity index (χ1v) is 9.98. The van der Waals surface area contributed by atoms with Gasteiger partial charge in [0.2, 0.25) is 0 Å². The van der Waals surface area contributed by atoms with Gasteiger partial charge in [-0.25, -0.2) is 4.79 Å². The lowest BCUT2D eigenvalue weighted by Crippen LogP contribution is -2.42. The average Bonchev–Trinajstić information content (AvgIpc) is 2.77. The van der Waals surface area contributed by atoms with Crippen molar-refractivity contribution < 1.29 is 14.3 Å². The van der Waals surface area contributed by atoms with Crippen LogP contribution in [0.3, 0.4) is 0 Å². The lowest BCUT2D eigenvalue weighted by molar-refractivity contribution is -0.113. The molecule has 1 fully saturated rings. The molecule has 3 rings (SSSR count). The van der Waals surface area contributed by atoms with Gasteiger partial charge in [0.05, 0.1) is 19.7 Å². The second-order valence-corrected chi connectivity index (χ2v) is 6.81. The normalized spacial score (nSPS) is 17.4. The smallest absolute Gasteiger partial charge is 0.410 e. The number of rotatable bonds is 5. The Morgan fingerprint density at radius 2 is 1.33 bits per heavy atom. The van der Waals surface area contributed by atoms with Crippen LogP contribution in [0.25, 0.3) is 12.2 Å². The van der Waals surface area contributed by atoms with Crippen LogP contribution in [-0.2, 0) is 9.53 Å². The Kier molecular flexibility index (Phi) is 7.56. The molecule has 4 heteroatoms. The Morgan fingerprint density at radius 3 is 1.77 bits per heavy atom. The van der Waals surface area contributed by atoms with Crippen LogP contribution in [-0.4, -0.2) is 36.5 Å². The fraction of sp³-hybridized carbons (Fsp3) is 0.154. The lowest BCUT2D eigenvalue weighted by atomic mass is 9.97. The van der Waals surface area contributed by atoms with Gasteiger partial charge in [-0.1, -0.05) is 97.1 Å². The molecule has 152 valence electrons. The van der Waals surface area contributed by atoms with Crippen LogP contribution in [0.5, 0.6) is 0 Å². The fourth-order valence-electron chi connectivity index (χ4n) is 3.10. The Morgan fingerprint density at radius 1 is 0.867 bits per heavy atom. The minimum absolute atomic E-state index is 0.0500. The van der Waals surface area contributed by atoms with E-state index in [1.807, 2.05) is 85.0 Å². The Balaban J connectivity index is 1.82. The number of likely N-dealkylation sites (tertiary alicyclic amines) is 1. The van der Waals surface area contributed by atoms with E-state index in [4.69, 9.17) is 4.74 Å². The summed E-state index contributed by atoms with van der Waals surface area (Å²) in [6, 6.07) is 19.7. The third-order valence-electron chi connectivity index (χ3n) is 4.60. The van der Waals surface area contributed by atoms with E-state index >= 15 is 0 Å². The largest absolute Gasteiger partial charge is 0.450 e. The SMILES string of the molecule is CCOC(=O)N1CC(=CC=Cc2ccccc2)C(=O)C(=CC=Cc2ccccc2)C1. The molecule has 1 heterocycles. The van der Waals surface area contributed by atoms with Gasteiger partial charge in [0.25, 0.3) is 0 Å². The molecule has 1 aliphatic heterocycles. The summed E-state index contributed by atoms with van der Waals surface area (Å²) in [5.41, 5.74) is 3.20. The minimum atomic E-state index is -0.416. The molecule has 2 aromatic rings. The number of carbonyl (C=O) groups excluding carboxylic acids is 2. The number of nitrogens with zero attached hydrogens (tertiary/aromatic N) is 1. The van der Waals surface area contributed by atoms with E-state index in [1.165, 1.54) is 0 Å². The summed E-state index contributed by atoms with van der Waals surface area (Å²) in [5.74, 6) is -0.0500. The van der Waals surface area contributed by atoms with Gasteiger partial charge in [0.1, 0.15) is 0 Å². The number of ketones is 1. The second-order valence-electron chi connectivity index (χ2n) is 6.81. The van der Waals surface area contributed by atoms with Crippen LogP contribution in [0.15, 0.2) is 96.1 Å². The molecule has 1 amide bonds. The Labute approximate surface area is 177 Å². The molecular formula is C26H25NO3. The first-order chi connectivity index (χ1) is 14.7. The highest BCUT2D eigenvalue weighted by atomic mass is 16.6. The maximum atomic E-state index is 13.0. The molecule has 2 aromatic carbocycles. The zero-order chi connectivity index (χ0) is 21.2. The summed E-state index contributed by atoms with van der Waals surface area (Å²) in [7, 11) is 0. The summed E-state index contributed by atoms with van der Waals surface area (Å²) in [6.45, 7) is 2.53. The number of piperidine rings is 1. The van der Waals surface area contributed by atoms with Crippen molar-refractivity contribution in [1.82, 2.24) is 4.90 Å². The van der Waals surface area contributed by atoms with Gasteiger partial charge in [-0.3, -0.25) is 9.69 Å². The maximum absolute atomic E-state index is 13.0. The van der Waals surface area contributed by atoms with E-state index in [0.717, 1.165) is 11.1 Å². The predicted molar refractivity (Wildman–Crippen MR) is 121 cm³/mol. The summed E-state index contributed by atoms with van der Waals surface area (Å²) >= 11 is 0. The molecule has 1 aliphatic rings. The molecule has 0 N–H and O–H groups in total. The number of benzene rings is 2. The fourth-order valence-corrected chi connectivity index (χ4v) is 3.10. The molecule has 4 nitrogen and oxygen atoms in total. The van der Waals surface area contributed by atoms with Crippen LogP contribution in [0, 0.1) is 0 Å². The third-order valence-corrected chi connectivity index (χ3v) is 4.60. The molecule has 0 aromatic heterocycles. The van der Waals surface area contributed by atoms with E-state index < -0.39 is 6.09 Å². The number of ether oxygens (including phenoxy) is 1. The van der Waals surface area contributed by atoms with Crippen molar-refractivity contribution in [2.45, 2.75) is 6.92 Å². The van der Waals surface area contributed by atoms with E-state index in [0.29, 0.717) is 17.8 Å². The summed E-state index contributed by atoms with van der Waals surface area (Å²) in [4.78, 5) is 26.8. The van der Waals surface area contributed by atoms with Crippen molar-refractivity contribution in [2.24, 2.45) is 0 Å². The van der Waals surface area contributed by atoms with E-state index in [-0.39, 0.29) is 18.9 Å². The molecule has 30 heavy (non-hydrogen) atoms. The average molecular weight is 399 g/mol. The molecular weight excluding hydrogens is 374 g/mol. The number of carbonyl (C=O) groups is 2. The lowest BCUT2D eigenvalue weighted by Gasteiger charge is -2.28. The van der Waals surface area contributed by atoms with Crippen molar-refractivity contribution in [2.75, 3.05) is 19.7 Å². The van der Waals surface area contributed by atoms with Gasteiger partial charge in [0, 0.05) is 11.1 Å². The van der Waals surface area contributed by atoms with Crippen LogP contribution in [0.2, 0.25) is 0 Å². The quantitative estimate of drug-likeness (QED) is 0.641. The Hall–Kier alpha value is -3.66. The monoisotopic (exact) mass is 399 g/mol. The van der Waals surface area contributed by atoms with E-state index in [2.05, 4.69) is 0 Å². The van der Waals surface area contributed by atoms with Crippen molar-refractivity contribution in [3.8, 4) is 0 Å².